The second-order valence-electron chi connectivity index (χ2n) is 11.8. The smallest absolute Gasteiger partial charge is 0.194 e. The van der Waals surface area contributed by atoms with Gasteiger partial charge in [0.15, 0.2) is 17.5 Å². The Balaban J connectivity index is 1.54. The van der Waals surface area contributed by atoms with Gasteiger partial charge in [-0.25, -0.2) is 28.7 Å². The third-order valence-corrected chi connectivity index (χ3v) is 11.9. The van der Waals surface area contributed by atoms with Gasteiger partial charge in [0, 0.05) is 42.7 Å². The number of pyridine rings is 1. The quantitative estimate of drug-likeness (QED) is 0.237. The average Bonchev–Trinajstić information content (AvgIpc) is 3.41. The van der Waals surface area contributed by atoms with E-state index in [1.165, 1.54) is 18.0 Å². The lowest BCUT2D eigenvalue weighted by Gasteiger charge is -2.54. The van der Waals surface area contributed by atoms with Crippen molar-refractivity contribution >= 4 is 10.9 Å². The molecule has 7 atom stereocenters. The molecule has 0 bridgehead atoms. The number of thiol groups is 1. The summed E-state index contributed by atoms with van der Waals surface area (Å²) in [6.07, 6.45) is 1.99. The molecule has 2 saturated heterocycles. The molecule has 2 fully saturated rings. The highest BCUT2D eigenvalue weighted by atomic mass is 32.2. The van der Waals surface area contributed by atoms with E-state index in [0.29, 0.717) is 30.9 Å². The standard InChI is InChI=1S/C29H37F3N4O5S/c1-16-6-5-8-33-24(16)27(29(39)7-9-41-28(2,3)15-29)42-14-21(40-4)25(26(38)22(42)13-37)36-12-20(34-35-36)17-10-18(30)23(32)19(31)11-17/h5-6,8,10-12,21-22,25-27,37-39,42H,7,9,13-15H2,1-4H3/t21-,22+,25+,26-,27+,29+/m0/s1. The molecule has 3 N–H and O–H groups in total. The van der Waals surface area contributed by atoms with Crippen LogP contribution in [0.1, 0.15) is 49.2 Å². The van der Waals surface area contributed by atoms with Gasteiger partial charge in [0.1, 0.15) is 11.7 Å². The van der Waals surface area contributed by atoms with Gasteiger partial charge in [-0.2, -0.15) is 0 Å². The van der Waals surface area contributed by atoms with E-state index in [2.05, 4.69) is 10.3 Å². The number of methoxy groups -OCH3 is 1. The van der Waals surface area contributed by atoms with Crippen LogP contribution < -0.4 is 0 Å². The topological polar surface area (TPSA) is 123 Å². The number of halogens is 3. The van der Waals surface area contributed by atoms with E-state index >= 15 is 0 Å². The molecule has 5 rings (SSSR count). The predicted octanol–water partition coefficient (Wildman–Crippen LogP) is 3.42. The summed E-state index contributed by atoms with van der Waals surface area (Å²) in [4.78, 5) is 4.70. The van der Waals surface area contributed by atoms with Crippen LogP contribution in [0.3, 0.4) is 0 Å². The molecule has 2 aliphatic rings. The van der Waals surface area contributed by atoms with Gasteiger partial charge in [0.2, 0.25) is 0 Å². The maximum Gasteiger partial charge on any atom is 0.194 e. The first-order valence-corrected chi connectivity index (χ1v) is 15.5. The molecule has 3 aromatic rings. The van der Waals surface area contributed by atoms with E-state index in [-0.39, 0.29) is 17.9 Å². The van der Waals surface area contributed by atoms with E-state index < -0.39 is 68.3 Å². The molecule has 0 amide bonds. The highest BCUT2D eigenvalue weighted by Gasteiger charge is 2.54. The van der Waals surface area contributed by atoms with Crippen molar-refractivity contribution in [3.63, 3.8) is 0 Å². The highest BCUT2D eigenvalue weighted by molar-refractivity contribution is 8.18. The van der Waals surface area contributed by atoms with Gasteiger partial charge in [-0.1, -0.05) is 11.3 Å². The van der Waals surface area contributed by atoms with Gasteiger partial charge < -0.3 is 24.8 Å². The Kier molecular flexibility index (Phi) is 8.72. The van der Waals surface area contributed by atoms with Crippen LogP contribution in [0.25, 0.3) is 11.3 Å². The van der Waals surface area contributed by atoms with Crippen molar-refractivity contribution in [3.8, 4) is 11.3 Å². The minimum atomic E-state index is -1.58. The maximum atomic E-state index is 13.9. The van der Waals surface area contributed by atoms with Crippen LogP contribution in [0.2, 0.25) is 0 Å². The molecule has 2 aliphatic heterocycles. The number of aryl methyl sites for hydroxylation is 1. The molecule has 13 heteroatoms. The first-order chi connectivity index (χ1) is 19.9. The Morgan fingerprint density at radius 3 is 2.57 bits per heavy atom. The third-order valence-electron chi connectivity index (χ3n) is 8.44. The molecule has 2 aromatic heterocycles. The van der Waals surface area contributed by atoms with E-state index in [4.69, 9.17) is 14.5 Å². The zero-order valence-corrected chi connectivity index (χ0v) is 24.8. The number of benzene rings is 1. The highest BCUT2D eigenvalue weighted by Crippen LogP contribution is 2.60. The van der Waals surface area contributed by atoms with Crippen molar-refractivity contribution in [2.45, 2.75) is 73.6 Å². The lowest BCUT2D eigenvalue weighted by Crippen LogP contribution is -2.55. The van der Waals surface area contributed by atoms with Crippen molar-refractivity contribution in [2.24, 2.45) is 0 Å². The van der Waals surface area contributed by atoms with Crippen molar-refractivity contribution in [2.75, 3.05) is 26.1 Å². The van der Waals surface area contributed by atoms with Crippen LogP contribution in [0.5, 0.6) is 0 Å². The van der Waals surface area contributed by atoms with Crippen LogP contribution in [-0.4, -0.2) is 90.0 Å². The second kappa shape index (κ2) is 11.9. The molecule has 42 heavy (non-hydrogen) atoms. The molecule has 0 aliphatic carbocycles. The van der Waals surface area contributed by atoms with Gasteiger partial charge in [-0.05, 0) is 44.5 Å². The molecule has 0 saturated carbocycles. The van der Waals surface area contributed by atoms with E-state index in [0.717, 1.165) is 17.7 Å². The van der Waals surface area contributed by atoms with E-state index in [1.54, 1.807) is 6.20 Å². The van der Waals surface area contributed by atoms with Crippen LogP contribution >= 0.6 is 10.9 Å². The number of ether oxygens (including phenoxy) is 2. The van der Waals surface area contributed by atoms with Gasteiger partial charge in [-0.3, -0.25) is 4.98 Å². The van der Waals surface area contributed by atoms with E-state index in [9.17, 15) is 28.5 Å². The summed E-state index contributed by atoms with van der Waals surface area (Å²) in [7, 11) is 0.157. The minimum absolute atomic E-state index is 0.0204. The number of aliphatic hydroxyl groups excluding tert-OH is 2. The third kappa shape index (κ3) is 5.70. The van der Waals surface area contributed by atoms with Gasteiger partial charge in [0.25, 0.3) is 0 Å². The number of hydrogen-bond donors (Lipinski definition) is 4. The average molecular weight is 611 g/mol. The number of hydrogen-bond acceptors (Lipinski definition) is 8. The number of rotatable bonds is 7. The minimum Gasteiger partial charge on any atom is -0.395 e. The van der Waals surface area contributed by atoms with Crippen molar-refractivity contribution in [1.82, 2.24) is 20.0 Å². The Morgan fingerprint density at radius 2 is 1.95 bits per heavy atom. The molecule has 1 aromatic carbocycles. The van der Waals surface area contributed by atoms with Gasteiger partial charge in [-0.15, -0.1) is 5.10 Å². The normalized spacial score (nSPS) is 31.1. The monoisotopic (exact) mass is 610 g/mol. The van der Waals surface area contributed by atoms with Crippen molar-refractivity contribution in [3.05, 3.63) is 65.4 Å². The van der Waals surface area contributed by atoms with Crippen LogP contribution in [0.15, 0.2) is 36.7 Å². The molecule has 230 valence electrons. The van der Waals surface area contributed by atoms with Crippen LogP contribution in [0, 0.1) is 24.4 Å². The molecule has 4 heterocycles. The SMILES string of the molecule is CO[C@H]1C[SH]([C@H](c2ncccc2C)[C@@]2(O)CCOC(C)(C)C2)[C@H](CO)[C@H](O)[C@@H]1n1cc(-c2cc(F)c(F)c(F)c2)nn1. The number of nitrogens with zero attached hydrogens (tertiary/aromatic N) is 4. The van der Waals surface area contributed by atoms with E-state index in [1.807, 2.05) is 32.9 Å². The summed E-state index contributed by atoms with van der Waals surface area (Å²) in [5, 5.41) is 41.8. The predicted molar refractivity (Wildman–Crippen MR) is 152 cm³/mol. The first-order valence-electron chi connectivity index (χ1n) is 13.8. The summed E-state index contributed by atoms with van der Waals surface area (Å²) >= 11 is 0. The number of aliphatic hydroxyl groups is 3. The number of aromatic nitrogens is 4. The molecule has 0 spiro atoms. The van der Waals surface area contributed by atoms with Crippen LogP contribution in [0.4, 0.5) is 13.2 Å². The van der Waals surface area contributed by atoms with Crippen LogP contribution in [-0.2, 0) is 9.47 Å². The lowest BCUT2D eigenvalue weighted by molar-refractivity contribution is -0.145. The zero-order valence-electron chi connectivity index (χ0n) is 23.9. The molecular formula is C29H37F3N4O5S. The second-order valence-corrected chi connectivity index (χ2v) is 14.4. The Hall–Kier alpha value is -2.55. The summed E-state index contributed by atoms with van der Waals surface area (Å²) in [5.41, 5.74) is -0.152. The molecule has 0 radical (unpaired) electrons. The largest absolute Gasteiger partial charge is 0.395 e. The van der Waals surface area contributed by atoms with Gasteiger partial charge >= 0.3 is 0 Å². The Bertz CT molecular complexity index is 1400. The Labute approximate surface area is 245 Å². The molecule has 1 unspecified atom stereocenters. The Morgan fingerprint density at radius 1 is 1.24 bits per heavy atom. The fraction of sp³-hybridized carbons (Fsp3) is 0.552. The summed E-state index contributed by atoms with van der Waals surface area (Å²) in [6.45, 7) is 5.78. The van der Waals surface area contributed by atoms with Crippen molar-refractivity contribution < 1.29 is 38.0 Å². The fourth-order valence-electron chi connectivity index (χ4n) is 6.52. The molecular weight excluding hydrogens is 573 g/mol. The van der Waals surface area contributed by atoms with Gasteiger partial charge in [0.05, 0.1) is 53.8 Å². The first kappa shape index (κ1) is 30.9. The lowest BCUT2D eigenvalue weighted by atomic mass is 9.80. The van der Waals surface area contributed by atoms with Crippen molar-refractivity contribution in [1.29, 1.82) is 0 Å². The maximum absolute atomic E-state index is 13.9. The summed E-state index contributed by atoms with van der Waals surface area (Å²) < 4.78 is 54.5. The molecule has 9 nitrogen and oxygen atoms in total. The zero-order chi connectivity index (χ0) is 30.4. The summed E-state index contributed by atoms with van der Waals surface area (Å²) in [6, 6.07) is 4.60. The summed E-state index contributed by atoms with van der Waals surface area (Å²) in [5.74, 6) is -3.91. The fourth-order valence-corrected chi connectivity index (χ4v) is 10.4.